The largest absolute Gasteiger partial charge is 0.497 e. The Labute approximate surface area is 194 Å². The lowest BCUT2D eigenvalue weighted by molar-refractivity contribution is -0.138. The van der Waals surface area contributed by atoms with Crippen LogP contribution in [0.4, 0.5) is 5.69 Å². The number of nitrogens with one attached hydrogen (secondary N) is 1. The molecule has 0 spiro atoms. The van der Waals surface area contributed by atoms with Crippen molar-refractivity contribution in [2.45, 2.75) is 19.4 Å². The van der Waals surface area contributed by atoms with Crippen molar-refractivity contribution in [2.24, 2.45) is 0 Å². The van der Waals surface area contributed by atoms with E-state index in [1.807, 2.05) is 43.3 Å². The van der Waals surface area contributed by atoms with E-state index in [0.717, 1.165) is 17.0 Å². The maximum atomic E-state index is 13.1. The number of methoxy groups -OCH3 is 1. The average molecular weight is 451 g/mol. The monoisotopic (exact) mass is 450 g/mol. The zero-order valence-electron chi connectivity index (χ0n) is 19.1. The highest BCUT2D eigenvalue weighted by Crippen LogP contribution is 2.21. The molecule has 33 heavy (non-hydrogen) atoms. The first kappa shape index (κ1) is 22.6. The molecule has 2 aromatic carbocycles. The number of piperazine rings is 2. The Morgan fingerprint density at radius 1 is 0.970 bits per heavy atom. The molecular weight excluding hydrogens is 420 g/mol. The SMILES string of the molecule is COc1ccc(N2CCN(C(=O)C[C@H]3C(=O)NCCN3C(=O)c3ccc(C)cc3)CC2)cc1. The second-order valence-electron chi connectivity index (χ2n) is 8.44. The molecular formula is C25H30N4O4. The smallest absolute Gasteiger partial charge is 0.254 e. The summed E-state index contributed by atoms with van der Waals surface area (Å²) >= 11 is 0. The van der Waals surface area contributed by atoms with E-state index in [1.165, 1.54) is 4.90 Å². The summed E-state index contributed by atoms with van der Waals surface area (Å²) in [6.07, 6.45) is -0.00797. The van der Waals surface area contributed by atoms with Crippen LogP contribution in [0.1, 0.15) is 22.3 Å². The fourth-order valence-corrected chi connectivity index (χ4v) is 4.32. The van der Waals surface area contributed by atoms with Gasteiger partial charge >= 0.3 is 0 Å². The second-order valence-corrected chi connectivity index (χ2v) is 8.44. The van der Waals surface area contributed by atoms with E-state index in [9.17, 15) is 14.4 Å². The van der Waals surface area contributed by atoms with Gasteiger partial charge in [0.2, 0.25) is 11.8 Å². The normalized spacial score (nSPS) is 18.7. The molecule has 2 aliphatic heterocycles. The molecule has 1 N–H and O–H groups in total. The number of carbonyl (C=O) groups is 3. The summed E-state index contributed by atoms with van der Waals surface area (Å²) in [5.41, 5.74) is 2.67. The number of benzene rings is 2. The molecule has 0 aliphatic carbocycles. The van der Waals surface area contributed by atoms with E-state index in [-0.39, 0.29) is 24.1 Å². The number of carbonyl (C=O) groups excluding carboxylic acids is 3. The molecule has 8 nitrogen and oxygen atoms in total. The van der Waals surface area contributed by atoms with Crippen LogP contribution in [0.3, 0.4) is 0 Å². The number of ether oxygens (including phenoxy) is 1. The number of amides is 3. The van der Waals surface area contributed by atoms with Gasteiger partial charge in [0.25, 0.3) is 5.91 Å². The van der Waals surface area contributed by atoms with E-state index < -0.39 is 6.04 Å². The number of nitrogens with zero attached hydrogens (tertiary/aromatic N) is 3. The first-order valence-corrected chi connectivity index (χ1v) is 11.3. The molecule has 0 bridgehead atoms. The molecule has 2 heterocycles. The number of hydrogen-bond donors (Lipinski definition) is 1. The molecule has 8 heteroatoms. The third-order valence-corrected chi connectivity index (χ3v) is 6.33. The van der Waals surface area contributed by atoms with Gasteiger partial charge in [-0.3, -0.25) is 14.4 Å². The quantitative estimate of drug-likeness (QED) is 0.750. The minimum Gasteiger partial charge on any atom is -0.497 e. The van der Waals surface area contributed by atoms with Gasteiger partial charge < -0.3 is 24.8 Å². The Morgan fingerprint density at radius 3 is 2.27 bits per heavy atom. The Bertz CT molecular complexity index is 998. The second kappa shape index (κ2) is 9.94. The summed E-state index contributed by atoms with van der Waals surface area (Å²) in [6.45, 7) is 5.31. The first-order valence-electron chi connectivity index (χ1n) is 11.3. The highest BCUT2D eigenvalue weighted by Gasteiger charge is 2.36. The van der Waals surface area contributed by atoms with Gasteiger partial charge in [0.05, 0.1) is 13.5 Å². The van der Waals surface area contributed by atoms with Crippen molar-refractivity contribution in [3.8, 4) is 5.75 Å². The van der Waals surface area contributed by atoms with Crippen LogP contribution < -0.4 is 15.0 Å². The van der Waals surface area contributed by atoms with Crippen LogP contribution in [0.5, 0.6) is 5.75 Å². The van der Waals surface area contributed by atoms with E-state index >= 15 is 0 Å². The van der Waals surface area contributed by atoms with Crippen LogP contribution in [0.15, 0.2) is 48.5 Å². The molecule has 4 rings (SSSR count). The van der Waals surface area contributed by atoms with Crippen LogP contribution in [-0.2, 0) is 9.59 Å². The molecule has 2 fully saturated rings. The van der Waals surface area contributed by atoms with Gasteiger partial charge in [-0.15, -0.1) is 0 Å². The minimum absolute atomic E-state index is 0.00797. The van der Waals surface area contributed by atoms with Gasteiger partial charge in [-0.2, -0.15) is 0 Å². The summed E-state index contributed by atoms with van der Waals surface area (Å²) in [5, 5.41) is 2.80. The zero-order valence-corrected chi connectivity index (χ0v) is 19.1. The lowest BCUT2D eigenvalue weighted by Crippen LogP contribution is -2.59. The standard InChI is InChI=1S/C25H30N4O4/c1-18-3-5-19(6-4-18)25(32)29-12-11-26-24(31)22(29)17-23(30)28-15-13-27(14-16-28)20-7-9-21(33-2)10-8-20/h3-10,22H,11-17H2,1-2H3,(H,26,31)/t22-/m0/s1. The summed E-state index contributed by atoms with van der Waals surface area (Å²) < 4.78 is 5.21. The van der Waals surface area contributed by atoms with E-state index in [0.29, 0.717) is 44.8 Å². The Kier molecular flexibility index (Phi) is 6.82. The summed E-state index contributed by atoms with van der Waals surface area (Å²) in [6, 6.07) is 14.4. The third-order valence-electron chi connectivity index (χ3n) is 6.33. The van der Waals surface area contributed by atoms with Crippen LogP contribution in [0.2, 0.25) is 0 Å². The van der Waals surface area contributed by atoms with Crippen molar-refractivity contribution in [3.63, 3.8) is 0 Å². The fourth-order valence-electron chi connectivity index (χ4n) is 4.32. The Morgan fingerprint density at radius 2 is 1.64 bits per heavy atom. The number of aryl methyl sites for hydroxylation is 1. The van der Waals surface area contributed by atoms with Crippen molar-refractivity contribution >= 4 is 23.4 Å². The first-order chi connectivity index (χ1) is 16.0. The molecule has 0 radical (unpaired) electrons. The molecule has 2 aromatic rings. The number of rotatable bonds is 5. The van der Waals surface area contributed by atoms with Crippen molar-refractivity contribution < 1.29 is 19.1 Å². The zero-order chi connectivity index (χ0) is 23.4. The van der Waals surface area contributed by atoms with E-state index in [4.69, 9.17) is 4.74 Å². The lowest BCUT2D eigenvalue weighted by Gasteiger charge is -2.39. The maximum Gasteiger partial charge on any atom is 0.254 e. The number of anilines is 1. The van der Waals surface area contributed by atoms with Crippen LogP contribution in [0, 0.1) is 6.92 Å². The summed E-state index contributed by atoms with van der Waals surface area (Å²) in [4.78, 5) is 44.3. The third kappa shape index (κ3) is 5.10. The van der Waals surface area contributed by atoms with Crippen molar-refractivity contribution in [2.75, 3.05) is 51.3 Å². The Hall–Kier alpha value is -3.55. The molecule has 0 saturated carbocycles. The summed E-state index contributed by atoms with van der Waals surface area (Å²) in [5.74, 6) is 0.218. The molecule has 0 unspecified atom stereocenters. The van der Waals surface area contributed by atoms with Crippen LogP contribution in [0.25, 0.3) is 0 Å². The molecule has 0 aromatic heterocycles. The Balaban J connectivity index is 1.38. The van der Waals surface area contributed by atoms with Crippen molar-refractivity contribution in [1.29, 1.82) is 0 Å². The predicted octanol–water partition coefficient (Wildman–Crippen LogP) is 1.68. The summed E-state index contributed by atoms with van der Waals surface area (Å²) in [7, 11) is 1.64. The van der Waals surface area contributed by atoms with Gasteiger partial charge in [0, 0.05) is 50.5 Å². The highest BCUT2D eigenvalue weighted by molar-refractivity contribution is 5.99. The highest BCUT2D eigenvalue weighted by atomic mass is 16.5. The van der Waals surface area contributed by atoms with Gasteiger partial charge in [-0.05, 0) is 43.3 Å². The fraction of sp³-hybridized carbons (Fsp3) is 0.400. The van der Waals surface area contributed by atoms with Gasteiger partial charge in [0.15, 0.2) is 0 Å². The van der Waals surface area contributed by atoms with Crippen molar-refractivity contribution in [3.05, 3.63) is 59.7 Å². The minimum atomic E-state index is -0.792. The molecule has 2 aliphatic rings. The number of hydrogen-bond acceptors (Lipinski definition) is 5. The molecule has 3 amide bonds. The van der Waals surface area contributed by atoms with Crippen molar-refractivity contribution in [1.82, 2.24) is 15.1 Å². The molecule has 1 atom stereocenters. The lowest BCUT2D eigenvalue weighted by atomic mass is 10.0. The van der Waals surface area contributed by atoms with Crippen LogP contribution in [-0.4, -0.2) is 79.9 Å². The average Bonchev–Trinajstić information content (AvgIpc) is 2.85. The van der Waals surface area contributed by atoms with Gasteiger partial charge in [-0.25, -0.2) is 0 Å². The van der Waals surface area contributed by atoms with E-state index in [2.05, 4.69) is 10.2 Å². The van der Waals surface area contributed by atoms with E-state index in [1.54, 1.807) is 24.1 Å². The van der Waals surface area contributed by atoms with Gasteiger partial charge in [0.1, 0.15) is 11.8 Å². The topological polar surface area (TPSA) is 82.2 Å². The molecule has 174 valence electrons. The predicted molar refractivity (Wildman–Crippen MR) is 125 cm³/mol. The maximum absolute atomic E-state index is 13.1. The van der Waals surface area contributed by atoms with Crippen LogP contribution >= 0.6 is 0 Å². The van der Waals surface area contributed by atoms with Gasteiger partial charge in [-0.1, -0.05) is 17.7 Å². The molecule has 2 saturated heterocycles.